The lowest BCUT2D eigenvalue weighted by Crippen LogP contribution is -2.13. The molecule has 0 fully saturated rings. The van der Waals surface area contributed by atoms with Gasteiger partial charge in [-0.05, 0) is 35.8 Å². The SMILES string of the molecule is CC(=O)Nc1ccc(C(C)C)cc1N1C=CC=CC=N1. The van der Waals surface area contributed by atoms with Crippen molar-refractivity contribution in [2.24, 2.45) is 5.10 Å². The number of carbonyl (C=O) groups excluding carboxylic acids is 1. The van der Waals surface area contributed by atoms with Crippen LogP contribution in [0.2, 0.25) is 0 Å². The Morgan fingerprint density at radius 1 is 1.25 bits per heavy atom. The number of nitrogens with one attached hydrogen (secondary N) is 1. The van der Waals surface area contributed by atoms with Crippen molar-refractivity contribution in [1.82, 2.24) is 0 Å². The molecule has 0 unspecified atom stereocenters. The molecule has 0 spiro atoms. The first-order valence-electron chi connectivity index (χ1n) is 6.66. The number of nitrogens with zero attached hydrogens (tertiary/aromatic N) is 2. The van der Waals surface area contributed by atoms with E-state index in [-0.39, 0.29) is 5.91 Å². The fraction of sp³-hybridized carbons (Fsp3) is 0.250. The molecule has 1 heterocycles. The molecule has 4 nitrogen and oxygen atoms in total. The van der Waals surface area contributed by atoms with Crippen molar-refractivity contribution in [3.8, 4) is 0 Å². The van der Waals surface area contributed by atoms with Crippen LogP contribution in [0.5, 0.6) is 0 Å². The van der Waals surface area contributed by atoms with Gasteiger partial charge in [0.2, 0.25) is 5.91 Å². The molecule has 0 aromatic heterocycles. The second-order valence-electron chi connectivity index (χ2n) is 4.95. The van der Waals surface area contributed by atoms with Crippen LogP contribution in [-0.4, -0.2) is 12.1 Å². The second kappa shape index (κ2) is 6.19. The minimum absolute atomic E-state index is 0.0931. The molecule has 0 saturated heterocycles. The van der Waals surface area contributed by atoms with E-state index in [9.17, 15) is 4.79 Å². The van der Waals surface area contributed by atoms with E-state index in [0.29, 0.717) is 5.92 Å². The molecule has 1 aromatic carbocycles. The van der Waals surface area contributed by atoms with Crippen molar-refractivity contribution in [2.45, 2.75) is 26.7 Å². The summed E-state index contributed by atoms with van der Waals surface area (Å²) in [6.07, 6.45) is 9.27. The number of benzene rings is 1. The predicted molar refractivity (Wildman–Crippen MR) is 84.1 cm³/mol. The number of hydrogen-bond acceptors (Lipinski definition) is 3. The Morgan fingerprint density at radius 3 is 2.75 bits per heavy atom. The van der Waals surface area contributed by atoms with Crippen LogP contribution in [0.1, 0.15) is 32.3 Å². The summed E-state index contributed by atoms with van der Waals surface area (Å²) in [7, 11) is 0. The summed E-state index contributed by atoms with van der Waals surface area (Å²) in [4.78, 5) is 11.3. The van der Waals surface area contributed by atoms with E-state index in [1.807, 2.05) is 36.6 Å². The first-order chi connectivity index (χ1) is 9.58. The van der Waals surface area contributed by atoms with Crippen molar-refractivity contribution >= 4 is 23.5 Å². The zero-order chi connectivity index (χ0) is 14.5. The highest BCUT2D eigenvalue weighted by molar-refractivity contribution is 5.93. The molecule has 104 valence electrons. The van der Waals surface area contributed by atoms with Crippen molar-refractivity contribution < 1.29 is 4.79 Å². The molecule has 1 amide bonds. The van der Waals surface area contributed by atoms with E-state index in [0.717, 1.165) is 11.4 Å². The van der Waals surface area contributed by atoms with Crippen molar-refractivity contribution in [3.05, 3.63) is 48.2 Å². The molecule has 0 atom stereocenters. The number of anilines is 2. The van der Waals surface area contributed by atoms with E-state index in [2.05, 4.69) is 30.3 Å². The molecule has 20 heavy (non-hydrogen) atoms. The first-order valence-corrected chi connectivity index (χ1v) is 6.66. The van der Waals surface area contributed by atoms with Gasteiger partial charge in [-0.1, -0.05) is 26.0 Å². The van der Waals surface area contributed by atoms with Crippen LogP contribution in [0, 0.1) is 0 Å². The molecule has 1 aliphatic heterocycles. The summed E-state index contributed by atoms with van der Waals surface area (Å²) in [5, 5.41) is 8.95. The summed E-state index contributed by atoms with van der Waals surface area (Å²) in [6, 6.07) is 6.01. The molecular formula is C16H19N3O. The number of amides is 1. The summed E-state index contributed by atoms with van der Waals surface area (Å²) in [5.74, 6) is 0.322. The van der Waals surface area contributed by atoms with Gasteiger partial charge in [0, 0.05) is 19.3 Å². The van der Waals surface area contributed by atoms with Crippen LogP contribution in [-0.2, 0) is 4.79 Å². The Balaban J connectivity index is 2.45. The van der Waals surface area contributed by atoms with E-state index < -0.39 is 0 Å². The fourth-order valence-corrected chi connectivity index (χ4v) is 1.93. The number of allylic oxidation sites excluding steroid dienone is 3. The fourth-order valence-electron chi connectivity index (χ4n) is 1.93. The van der Waals surface area contributed by atoms with Gasteiger partial charge in [0.1, 0.15) is 0 Å². The third kappa shape index (κ3) is 3.35. The third-order valence-corrected chi connectivity index (χ3v) is 2.97. The molecule has 1 aromatic rings. The average molecular weight is 269 g/mol. The topological polar surface area (TPSA) is 44.7 Å². The Bertz CT molecular complexity index is 569. The van der Waals surface area contributed by atoms with Crippen LogP contribution < -0.4 is 10.3 Å². The van der Waals surface area contributed by atoms with Gasteiger partial charge >= 0.3 is 0 Å². The lowest BCUT2D eigenvalue weighted by Gasteiger charge is -2.20. The van der Waals surface area contributed by atoms with Gasteiger partial charge in [0.15, 0.2) is 0 Å². The third-order valence-electron chi connectivity index (χ3n) is 2.97. The lowest BCUT2D eigenvalue weighted by atomic mass is 10.0. The molecule has 0 aliphatic carbocycles. The average Bonchev–Trinajstić information content (AvgIpc) is 2.67. The standard InChI is InChI=1S/C16H19N3O/c1-12(2)14-7-8-15(18-13(3)20)16(11-14)19-10-6-4-5-9-17-19/h4-12H,1-3H3,(H,18,20). The van der Waals surface area contributed by atoms with E-state index >= 15 is 0 Å². The van der Waals surface area contributed by atoms with Gasteiger partial charge in [-0.15, -0.1) is 0 Å². The number of hydrazone groups is 1. The monoisotopic (exact) mass is 269 g/mol. The summed E-state index contributed by atoms with van der Waals surface area (Å²) in [5.41, 5.74) is 2.82. The molecule has 4 heteroatoms. The maximum atomic E-state index is 11.3. The predicted octanol–water partition coefficient (Wildman–Crippen LogP) is 3.64. The molecule has 1 N–H and O–H groups in total. The van der Waals surface area contributed by atoms with Crippen LogP contribution >= 0.6 is 0 Å². The molecule has 1 aliphatic rings. The Kier molecular flexibility index (Phi) is 4.35. The van der Waals surface area contributed by atoms with Crippen LogP contribution in [0.25, 0.3) is 0 Å². The minimum atomic E-state index is -0.0931. The van der Waals surface area contributed by atoms with Crippen LogP contribution in [0.15, 0.2) is 47.7 Å². The van der Waals surface area contributed by atoms with Crippen molar-refractivity contribution in [2.75, 3.05) is 10.3 Å². The first kappa shape index (κ1) is 14.1. The Morgan fingerprint density at radius 2 is 2.05 bits per heavy atom. The zero-order valence-electron chi connectivity index (χ0n) is 12.0. The van der Waals surface area contributed by atoms with E-state index in [1.165, 1.54) is 12.5 Å². The van der Waals surface area contributed by atoms with Crippen LogP contribution in [0.4, 0.5) is 11.4 Å². The van der Waals surface area contributed by atoms with Crippen molar-refractivity contribution in [1.29, 1.82) is 0 Å². The molecule has 2 rings (SSSR count). The maximum Gasteiger partial charge on any atom is 0.221 e. The summed E-state index contributed by atoms with van der Waals surface area (Å²) < 4.78 is 0. The Hall–Kier alpha value is -2.36. The van der Waals surface area contributed by atoms with Gasteiger partial charge in [0.25, 0.3) is 0 Å². The smallest absolute Gasteiger partial charge is 0.221 e. The Labute approximate surface area is 119 Å². The van der Waals surface area contributed by atoms with Gasteiger partial charge < -0.3 is 5.32 Å². The number of rotatable bonds is 3. The maximum absolute atomic E-state index is 11.3. The van der Waals surface area contributed by atoms with E-state index in [1.54, 1.807) is 11.2 Å². The van der Waals surface area contributed by atoms with Crippen LogP contribution in [0.3, 0.4) is 0 Å². The normalized spacial score (nSPS) is 13.7. The highest BCUT2D eigenvalue weighted by atomic mass is 16.1. The van der Waals surface area contributed by atoms with Crippen molar-refractivity contribution in [3.63, 3.8) is 0 Å². The van der Waals surface area contributed by atoms with Gasteiger partial charge in [0.05, 0.1) is 11.4 Å². The molecular weight excluding hydrogens is 250 g/mol. The quantitative estimate of drug-likeness (QED) is 0.910. The zero-order valence-corrected chi connectivity index (χ0v) is 12.0. The van der Waals surface area contributed by atoms with E-state index in [4.69, 9.17) is 0 Å². The highest BCUT2D eigenvalue weighted by Crippen LogP contribution is 2.31. The second-order valence-corrected chi connectivity index (χ2v) is 4.95. The highest BCUT2D eigenvalue weighted by Gasteiger charge is 2.12. The van der Waals surface area contributed by atoms with Gasteiger partial charge in [-0.2, -0.15) is 5.10 Å². The summed E-state index contributed by atoms with van der Waals surface area (Å²) in [6.45, 7) is 5.78. The van der Waals surface area contributed by atoms with Gasteiger partial charge in [-0.3, -0.25) is 4.79 Å². The molecule has 0 radical (unpaired) electrons. The number of hydrogen-bond donors (Lipinski definition) is 1. The largest absolute Gasteiger partial charge is 0.324 e. The molecule has 0 bridgehead atoms. The van der Waals surface area contributed by atoms with Gasteiger partial charge in [-0.25, -0.2) is 5.01 Å². The molecule has 0 saturated carbocycles. The lowest BCUT2D eigenvalue weighted by molar-refractivity contribution is -0.114. The summed E-state index contributed by atoms with van der Waals surface area (Å²) >= 11 is 0. The number of carbonyl (C=O) groups is 1. The minimum Gasteiger partial charge on any atom is -0.324 e.